The van der Waals surface area contributed by atoms with Crippen LogP contribution in [0.5, 0.6) is 0 Å². The fourth-order valence-electron chi connectivity index (χ4n) is 3.51. The van der Waals surface area contributed by atoms with Crippen molar-refractivity contribution in [1.82, 2.24) is 24.8 Å². The molecule has 0 bridgehead atoms. The highest BCUT2D eigenvalue weighted by molar-refractivity contribution is 6.32. The van der Waals surface area contributed by atoms with Gasteiger partial charge in [0.1, 0.15) is 5.82 Å². The summed E-state index contributed by atoms with van der Waals surface area (Å²) in [7, 11) is 0. The first kappa shape index (κ1) is 23.7. The van der Waals surface area contributed by atoms with Gasteiger partial charge >= 0.3 is 12.1 Å². The van der Waals surface area contributed by atoms with Gasteiger partial charge in [-0.05, 0) is 44.0 Å². The molecule has 1 N–H and O–H groups in total. The molecule has 4 heterocycles. The van der Waals surface area contributed by atoms with E-state index in [9.17, 15) is 22.8 Å². The van der Waals surface area contributed by atoms with Crippen molar-refractivity contribution in [2.75, 3.05) is 23.3 Å². The Morgan fingerprint density at radius 1 is 1.21 bits per heavy atom. The minimum Gasteiger partial charge on any atom is -0.452 e. The van der Waals surface area contributed by atoms with Crippen LogP contribution >= 0.6 is 11.6 Å². The number of carbonyl (C=O) groups excluding carboxylic acids is 2. The monoisotopic (exact) mass is 497 g/mol. The van der Waals surface area contributed by atoms with Gasteiger partial charge in [-0.3, -0.25) is 9.59 Å². The molecule has 1 amide bonds. The van der Waals surface area contributed by atoms with Crippen LogP contribution in [0.3, 0.4) is 0 Å². The number of piperidine rings is 1. The minimum absolute atomic E-state index is 0.0191. The van der Waals surface area contributed by atoms with E-state index in [0.29, 0.717) is 42.0 Å². The summed E-state index contributed by atoms with van der Waals surface area (Å²) in [5.41, 5.74) is 0.283. The lowest BCUT2D eigenvalue weighted by Gasteiger charge is -2.32. The first-order chi connectivity index (χ1) is 16.1. The SMILES string of the molecule is CC(OC(=O)C1CCN(c2ccc3nnc(C(F)(F)F)n3n2)CC1)C(=O)Nc1cccnc1Cl. The summed E-state index contributed by atoms with van der Waals surface area (Å²) < 4.78 is 45.3. The molecule has 3 aromatic heterocycles. The average molecular weight is 498 g/mol. The molecule has 14 heteroatoms. The molecular weight excluding hydrogens is 479 g/mol. The van der Waals surface area contributed by atoms with Gasteiger partial charge in [-0.2, -0.15) is 17.7 Å². The third-order valence-corrected chi connectivity index (χ3v) is 5.63. The Kier molecular flexibility index (Phi) is 6.55. The molecule has 1 fully saturated rings. The van der Waals surface area contributed by atoms with E-state index in [-0.39, 0.29) is 10.8 Å². The van der Waals surface area contributed by atoms with Crippen LogP contribution in [0.1, 0.15) is 25.6 Å². The molecule has 3 aromatic rings. The number of hydrogen-bond acceptors (Lipinski definition) is 8. The number of anilines is 2. The van der Waals surface area contributed by atoms with Crippen molar-refractivity contribution in [2.24, 2.45) is 5.92 Å². The largest absolute Gasteiger partial charge is 0.453 e. The van der Waals surface area contributed by atoms with Gasteiger partial charge in [-0.15, -0.1) is 15.3 Å². The van der Waals surface area contributed by atoms with E-state index in [1.54, 1.807) is 23.1 Å². The van der Waals surface area contributed by atoms with E-state index in [0.717, 1.165) is 0 Å². The van der Waals surface area contributed by atoms with Crippen molar-refractivity contribution in [3.8, 4) is 0 Å². The van der Waals surface area contributed by atoms with Gasteiger partial charge in [0.15, 0.2) is 16.9 Å². The predicted molar refractivity (Wildman–Crippen MR) is 114 cm³/mol. The van der Waals surface area contributed by atoms with E-state index in [4.69, 9.17) is 16.3 Å². The number of amides is 1. The van der Waals surface area contributed by atoms with Gasteiger partial charge in [0.2, 0.25) is 0 Å². The van der Waals surface area contributed by atoms with Crippen LogP contribution in [0.4, 0.5) is 24.7 Å². The van der Waals surface area contributed by atoms with E-state index >= 15 is 0 Å². The Morgan fingerprint density at radius 2 is 1.94 bits per heavy atom. The van der Waals surface area contributed by atoms with E-state index in [1.807, 2.05) is 0 Å². The van der Waals surface area contributed by atoms with E-state index in [1.165, 1.54) is 19.2 Å². The number of nitrogens with one attached hydrogen (secondary N) is 1. The van der Waals surface area contributed by atoms with Crippen LogP contribution in [0.2, 0.25) is 5.15 Å². The zero-order valence-electron chi connectivity index (χ0n) is 17.8. The number of rotatable bonds is 5. The first-order valence-corrected chi connectivity index (χ1v) is 10.7. The van der Waals surface area contributed by atoms with Crippen molar-refractivity contribution in [3.05, 3.63) is 41.4 Å². The maximum absolute atomic E-state index is 13.1. The average Bonchev–Trinajstić information content (AvgIpc) is 3.24. The third kappa shape index (κ3) is 5.03. The van der Waals surface area contributed by atoms with Crippen molar-refractivity contribution in [1.29, 1.82) is 0 Å². The molecular formula is C20H19ClF3N7O3. The number of fused-ring (bicyclic) bond motifs is 1. The number of halogens is 4. The summed E-state index contributed by atoms with van der Waals surface area (Å²) in [6.45, 7) is 2.18. The number of carbonyl (C=O) groups is 2. The van der Waals surface area contributed by atoms with E-state index < -0.39 is 35.9 Å². The molecule has 1 saturated heterocycles. The fourth-order valence-corrected chi connectivity index (χ4v) is 3.67. The Morgan fingerprint density at radius 3 is 2.62 bits per heavy atom. The van der Waals surface area contributed by atoms with Crippen LogP contribution in [-0.4, -0.2) is 55.9 Å². The van der Waals surface area contributed by atoms with Gasteiger partial charge in [0, 0.05) is 19.3 Å². The van der Waals surface area contributed by atoms with Crippen LogP contribution in [0.15, 0.2) is 30.5 Å². The molecule has 1 aliphatic rings. The highest BCUT2D eigenvalue weighted by Gasteiger charge is 2.38. The number of nitrogens with zero attached hydrogens (tertiary/aromatic N) is 6. The molecule has 1 unspecified atom stereocenters. The predicted octanol–water partition coefficient (Wildman–Crippen LogP) is 2.98. The van der Waals surface area contributed by atoms with Crippen LogP contribution in [-0.2, 0) is 20.5 Å². The standard InChI is InChI=1S/C20H19ClF3N7O3/c1-11(17(32)26-13-3-2-8-25-16(13)21)34-18(33)12-6-9-30(10-7-12)15-5-4-14-27-28-19(20(22,23)24)31(14)29-15/h2-5,8,11-12H,6-7,9-10H2,1H3,(H,26,32). The second-order valence-corrected chi connectivity index (χ2v) is 8.01. The third-order valence-electron chi connectivity index (χ3n) is 5.33. The molecule has 34 heavy (non-hydrogen) atoms. The maximum atomic E-state index is 13.1. The molecule has 0 spiro atoms. The summed E-state index contributed by atoms with van der Waals surface area (Å²) in [6, 6.07) is 6.13. The molecule has 0 aliphatic carbocycles. The molecule has 4 rings (SSSR count). The molecule has 0 aromatic carbocycles. The lowest BCUT2D eigenvalue weighted by atomic mass is 9.97. The van der Waals surface area contributed by atoms with Gasteiger partial charge in [-0.1, -0.05) is 11.6 Å². The lowest BCUT2D eigenvalue weighted by Crippen LogP contribution is -2.39. The summed E-state index contributed by atoms with van der Waals surface area (Å²) in [6.07, 6.45) is -3.50. The van der Waals surface area contributed by atoms with Crippen LogP contribution in [0.25, 0.3) is 5.65 Å². The Balaban J connectivity index is 1.34. The highest BCUT2D eigenvalue weighted by atomic mass is 35.5. The highest BCUT2D eigenvalue weighted by Crippen LogP contribution is 2.29. The summed E-state index contributed by atoms with van der Waals surface area (Å²) in [5.74, 6) is -2.43. The molecule has 0 radical (unpaired) electrons. The molecule has 1 aliphatic heterocycles. The number of pyridine rings is 1. The van der Waals surface area contributed by atoms with Crippen LogP contribution in [0, 0.1) is 5.92 Å². The normalized spacial score (nSPS) is 15.9. The van der Waals surface area contributed by atoms with Crippen LogP contribution < -0.4 is 10.2 Å². The van der Waals surface area contributed by atoms with Gasteiger partial charge in [-0.25, -0.2) is 4.98 Å². The van der Waals surface area contributed by atoms with Gasteiger partial charge in [0.25, 0.3) is 11.7 Å². The molecule has 180 valence electrons. The summed E-state index contributed by atoms with van der Waals surface area (Å²) in [5, 5.41) is 13.3. The molecule has 1 atom stereocenters. The van der Waals surface area contributed by atoms with Gasteiger partial charge in [0.05, 0.1) is 11.6 Å². The second kappa shape index (κ2) is 9.41. The van der Waals surface area contributed by atoms with Crippen molar-refractivity contribution in [2.45, 2.75) is 32.0 Å². The van der Waals surface area contributed by atoms with Crippen molar-refractivity contribution in [3.63, 3.8) is 0 Å². The van der Waals surface area contributed by atoms with Crippen molar-refractivity contribution >= 4 is 40.6 Å². The van der Waals surface area contributed by atoms with E-state index in [2.05, 4.69) is 25.6 Å². The number of aromatic nitrogens is 5. The first-order valence-electron chi connectivity index (χ1n) is 10.3. The second-order valence-electron chi connectivity index (χ2n) is 7.65. The number of esters is 1. The van der Waals surface area contributed by atoms with Crippen molar-refractivity contribution < 1.29 is 27.5 Å². The Labute approximate surface area is 196 Å². The van der Waals surface area contributed by atoms with Gasteiger partial charge < -0.3 is 15.0 Å². The fraction of sp³-hybridized carbons (Fsp3) is 0.400. The molecule has 0 saturated carbocycles. The minimum atomic E-state index is -4.69. The number of ether oxygens (including phenoxy) is 1. The zero-order valence-corrected chi connectivity index (χ0v) is 18.5. The number of hydrogen-bond donors (Lipinski definition) is 1. The maximum Gasteiger partial charge on any atom is 0.453 e. The summed E-state index contributed by atoms with van der Waals surface area (Å²) in [4.78, 5) is 30.5. The quantitative estimate of drug-likeness (QED) is 0.422. The molecule has 10 nitrogen and oxygen atoms in total. The smallest absolute Gasteiger partial charge is 0.452 e. The zero-order chi connectivity index (χ0) is 24.5. The Hall–Kier alpha value is -3.48. The summed E-state index contributed by atoms with van der Waals surface area (Å²) >= 11 is 5.91. The number of alkyl halides is 3. The lowest BCUT2D eigenvalue weighted by molar-refractivity contribution is -0.158. The Bertz CT molecular complexity index is 1210. The topological polar surface area (TPSA) is 115 Å².